The molecule has 1 fully saturated rings. The Morgan fingerprint density at radius 1 is 1.62 bits per heavy atom. The quantitative estimate of drug-likeness (QED) is 0.638. The average Bonchev–Trinajstić information content (AvgIpc) is 2.49. The van der Waals surface area contributed by atoms with Crippen LogP contribution >= 0.6 is 0 Å². The Bertz CT molecular complexity index is 246. The van der Waals surface area contributed by atoms with Crippen LogP contribution in [0.2, 0.25) is 0 Å². The summed E-state index contributed by atoms with van der Waals surface area (Å²) in [6.45, 7) is 4.06. The van der Waals surface area contributed by atoms with Gasteiger partial charge in [-0.15, -0.1) is 0 Å². The molecule has 1 atom stereocenters. The zero-order valence-electron chi connectivity index (χ0n) is 7.86. The molecule has 1 aliphatic rings. The third kappa shape index (κ3) is 2.91. The summed E-state index contributed by atoms with van der Waals surface area (Å²) in [6, 6.07) is 0.0509. The molecule has 0 aromatic rings. The van der Waals surface area contributed by atoms with E-state index in [1.165, 1.54) is 4.31 Å². The van der Waals surface area contributed by atoms with Crippen molar-refractivity contribution < 1.29 is 8.42 Å². The molecule has 0 aromatic carbocycles. The molecule has 1 rings (SSSR count). The second-order valence-electron chi connectivity index (χ2n) is 3.30. The van der Waals surface area contributed by atoms with Gasteiger partial charge in [-0.05, 0) is 19.4 Å². The van der Waals surface area contributed by atoms with Crippen LogP contribution in [0.5, 0.6) is 0 Å². The molecule has 0 bridgehead atoms. The zero-order valence-corrected chi connectivity index (χ0v) is 8.68. The van der Waals surface area contributed by atoms with Gasteiger partial charge in [-0.3, -0.25) is 0 Å². The minimum Gasteiger partial charge on any atom is -0.315 e. The van der Waals surface area contributed by atoms with Gasteiger partial charge in [0, 0.05) is 19.1 Å². The molecule has 3 N–H and O–H groups in total. The summed E-state index contributed by atoms with van der Waals surface area (Å²) in [6.07, 6.45) is 1.66. The number of nitrogens with two attached hydrogens (primary N) is 1. The van der Waals surface area contributed by atoms with E-state index in [0.29, 0.717) is 6.54 Å². The Morgan fingerprint density at radius 3 is 2.69 bits per heavy atom. The van der Waals surface area contributed by atoms with Gasteiger partial charge in [0.05, 0.1) is 0 Å². The van der Waals surface area contributed by atoms with Crippen LogP contribution in [0.3, 0.4) is 0 Å². The lowest BCUT2D eigenvalue weighted by molar-refractivity contribution is 0.335. The van der Waals surface area contributed by atoms with Crippen molar-refractivity contribution in [2.24, 2.45) is 5.14 Å². The van der Waals surface area contributed by atoms with Crippen LogP contribution in [0.25, 0.3) is 0 Å². The van der Waals surface area contributed by atoms with E-state index in [9.17, 15) is 8.42 Å². The molecule has 0 spiro atoms. The van der Waals surface area contributed by atoms with Gasteiger partial charge in [0.15, 0.2) is 0 Å². The monoisotopic (exact) mass is 207 g/mol. The van der Waals surface area contributed by atoms with Crippen LogP contribution in [0.1, 0.15) is 19.8 Å². The number of nitrogens with one attached hydrogen (secondary N) is 1. The highest BCUT2D eigenvalue weighted by Gasteiger charge is 2.28. The SMILES string of the molecule is CCCN(C1CCNC1)S(N)(=O)=O. The molecule has 6 heteroatoms. The Hall–Kier alpha value is -0.170. The first-order chi connectivity index (χ1) is 6.05. The molecule has 0 radical (unpaired) electrons. The molecular weight excluding hydrogens is 190 g/mol. The summed E-state index contributed by atoms with van der Waals surface area (Å²) >= 11 is 0. The van der Waals surface area contributed by atoms with E-state index in [2.05, 4.69) is 5.32 Å². The van der Waals surface area contributed by atoms with Gasteiger partial charge < -0.3 is 5.32 Å². The molecule has 0 amide bonds. The molecule has 5 nitrogen and oxygen atoms in total. The number of hydrogen-bond acceptors (Lipinski definition) is 3. The number of rotatable bonds is 4. The molecule has 78 valence electrons. The summed E-state index contributed by atoms with van der Waals surface area (Å²) in [5.74, 6) is 0. The first kappa shape index (κ1) is 10.9. The molecule has 13 heavy (non-hydrogen) atoms. The van der Waals surface area contributed by atoms with E-state index in [1.807, 2.05) is 6.92 Å². The van der Waals surface area contributed by atoms with Gasteiger partial charge >= 0.3 is 0 Å². The fraction of sp³-hybridized carbons (Fsp3) is 1.00. The minimum atomic E-state index is -3.52. The lowest BCUT2D eigenvalue weighted by atomic mass is 10.2. The topological polar surface area (TPSA) is 75.4 Å². The van der Waals surface area contributed by atoms with Crippen molar-refractivity contribution in [1.29, 1.82) is 0 Å². The predicted octanol–water partition coefficient (Wildman–Crippen LogP) is -0.736. The highest BCUT2D eigenvalue weighted by molar-refractivity contribution is 7.86. The Kier molecular flexibility index (Phi) is 3.66. The van der Waals surface area contributed by atoms with Crippen molar-refractivity contribution in [3.05, 3.63) is 0 Å². The van der Waals surface area contributed by atoms with Crippen LogP contribution in [0.15, 0.2) is 0 Å². The first-order valence-corrected chi connectivity index (χ1v) is 6.06. The lowest BCUT2D eigenvalue weighted by Crippen LogP contribution is -2.45. The molecular formula is C7H17N3O2S. The molecule has 0 saturated carbocycles. The number of nitrogens with zero attached hydrogens (tertiary/aromatic N) is 1. The van der Waals surface area contributed by atoms with Crippen LogP contribution in [0.4, 0.5) is 0 Å². The minimum absolute atomic E-state index is 0.0509. The van der Waals surface area contributed by atoms with Gasteiger partial charge in [0.2, 0.25) is 0 Å². The fourth-order valence-electron chi connectivity index (χ4n) is 1.62. The molecule has 1 heterocycles. The zero-order chi connectivity index (χ0) is 9.90. The van der Waals surface area contributed by atoms with E-state index in [1.54, 1.807) is 0 Å². The second-order valence-corrected chi connectivity index (χ2v) is 4.80. The highest BCUT2D eigenvalue weighted by Crippen LogP contribution is 2.11. The summed E-state index contributed by atoms with van der Waals surface area (Å²) in [5, 5.41) is 8.24. The standard InChI is InChI=1S/C7H17N3O2S/c1-2-5-10(13(8,11)12)7-3-4-9-6-7/h7,9H,2-6H2,1H3,(H2,8,11,12). The van der Waals surface area contributed by atoms with Gasteiger partial charge in [0.1, 0.15) is 0 Å². The van der Waals surface area contributed by atoms with Crippen molar-refractivity contribution in [2.75, 3.05) is 19.6 Å². The van der Waals surface area contributed by atoms with Crippen LogP contribution in [0, 0.1) is 0 Å². The van der Waals surface area contributed by atoms with E-state index in [-0.39, 0.29) is 6.04 Å². The van der Waals surface area contributed by atoms with Crippen molar-refractivity contribution in [2.45, 2.75) is 25.8 Å². The van der Waals surface area contributed by atoms with Crippen molar-refractivity contribution in [3.63, 3.8) is 0 Å². The van der Waals surface area contributed by atoms with Crippen LogP contribution in [-0.2, 0) is 10.2 Å². The smallest absolute Gasteiger partial charge is 0.277 e. The normalized spacial score (nSPS) is 24.1. The maximum Gasteiger partial charge on any atom is 0.277 e. The van der Waals surface area contributed by atoms with Gasteiger partial charge in [-0.2, -0.15) is 12.7 Å². The molecule has 0 aromatic heterocycles. The van der Waals surface area contributed by atoms with Crippen LogP contribution in [-0.4, -0.2) is 38.4 Å². The van der Waals surface area contributed by atoms with E-state index in [4.69, 9.17) is 5.14 Å². The average molecular weight is 207 g/mol. The lowest BCUT2D eigenvalue weighted by Gasteiger charge is -2.24. The highest BCUT2D eigenvalue weighted by atomic mass is 32.2. The molecule has 1 aliphatic heterocycles. The molecule has 0 aliphatic carbocycles. The Balaban J connectivity index is 2.66. The largest absolute Gasteiger partial charge is 0.315 e. The predicted molar refractivity (Wildman–Crippen MR) is 51.4 cm³/mol. The maximum absolute atomic E-state index is 11.2. The fourth-order valence-corrected chi connectivity index (χ4v) is 2.66. The van der Waals surface area contributed by atoms with E-state index in [0.717, 1.165) is 25.9 Å². The van der Waals surface area contributed by atoms with Gasteiger partial charge in [-0.25, -0.2) is 5.14 Å². The van der Waals surface area contributed by atoms with Crippen molar-refractivity contribution in [3.8, 4) is 0 Å². The molecule has 1 saturated heterocycles. The number of hydrogen-bond donors (Lipinski definition) is 2. The summed E-state index contributed by atoms with van der Waals surface area (Å²) in [7, 11) is -3.52. The summed E-state index contributed by atoms with van der Waals surface area (Å²) < 4.78 is 23.8. The van der Waals surface area contributed by atoms with Crippen molar-refractivity contribution >= 4 is 10.2 Å². The van der Waals surface area contributed by atoms with Gasteiger partial charge in [0.25, 0.3) is 10.2 Å². The summed E-state index contributed by atoms with van der Waals surface area (Å²) in [5.41, 5.74) is 0. The second kappa shape index (κ2) is 4.36. The molecule has 1 unspecified atom stereocenters. The van der Waals surface area contributed by atoms with E-state index >= 15 is 0 Å². The third-order valence-corrected chi connectivity index (χ3v) is 3.35. The Morgan fingerprint density at radius 2 is 2.31 bits per heavy atom. The van der Waals surface area contributed by atoms with E-state index < -0.39 is 10.2 Å². The van der Waals surface area contributed by atoms with Crippen molar-refractivity contribution in [1.82, 2.24) is 9.62 Å². The third-order valence-electron chi connectivity index (χ3n) is 2.21. The first-order valence-electron chi connectivity index (χ1n) is 4.56. The van der Waals surface area contributed by atoms with Gasteiger partial charge in [-0.1, -0.05) is 6.92 Å². The Labute approximate surface area is 79.5 Å². The maximum atomic E-state index is 11.2. The van der Waals surface area contributed by atoms with Crippen LogP contribution < -0.4 is 10.5 Å². The summed E-state index contributed by atoms with van der Waals surface area (Å²) in [4.78, 5) is 0.